The van der Waals surface area contributed by atoms with Crippen molar-refractivity contribution >= 4 is 28.2 Å². The summed E-state index contributed by atoms with van der Waals surface area (Å²) < 4.78 is 27.2. The van der Waals surface area contributed by atoms with Crippen LogP contribution < -0.4 is 10.1 Å². The number of nitro benzene ring substituents is 1. The number of aryl methyl sites for hydroxylation is 2. The molecule has 0 fully saturated rings. The van der Waals surface area contributed by atoms with Gasteiger partial charge in [0.2, 0.25) is 11.8 Å². The highest BCUT2D eigenvalue weighted by atomic mass is 19.1. The molecule has 180 valence electrons. The molecule has 2 aromatic carbocycles. The molecule has 0 saturated carbocycles. The molecular formula is C25H24FN5O4. The molecule has 0 saturated heterocycles. The van der Waals surface area contributed by atoms with Crippen LogP contribution >= 0.6 is 0 Å². The van der Waals surface area contributed by atoms with E-state index in [1.807, 2.05) is 6.07 Å². The Bertz CT molecular complexity index is 1440. The van der Waals surface area contributed by atoms with Gasteiger partial charge in [0.15, 0.2) is 5.75 Å². The van der Waals surface area contributed by atoms with Crippen molar-refractivity contribution < 1.29 is 18.8 Å². The van der Waals surface area contributed by atoms with Crippen LogP contribution in [0.3, 0.4) is 0 Å². The fourth-order valence-corrected chi connectivity index (χ4v) is 4.62. The van der Waals surface area contributed by atoms with E-state index in [-0.39, 0.29) is 5.95 Å². The van der Waals surface area contributed by atoms with E-state index in [0.717, 1.165) is 42.5 Å². The standard InChI is InChI=1S/C25H24FN5O4/c1-34-10-8-16-11-19(26)21(31(32)33)12-20(16)28-25-27-13-22(35-2)23(29-25)18-14-30-9-4-6-15-5-3-7-17(18)24(15)30/h3,5,7,11-14H,4,6,8-10H2,1-2H3,(H,27,28,29). The Kier molecular flexibility index (Phi) is 6.04. The Balaban J connectivity index is 1.60. The van der Waals surface area contributed by atoms with Gasteiger partial charge in [-0.2, -0.15) is 4.39 Å². The third kappa shape index (κ3) is 4.17. The van der Waals surface area contributed by atoms with Gasteiger partial charge in [-0.05, 0) is 36.5 Å². The van der Waals surface area contributed by atoms with E-state index >= 15 is 0 Å². The minimum absolute atomic E-state index is 0.215. The molecular weight excluding hydrogens is 453 g/mol. The topological polar surface area (TPSA) is 104 Å². The number of hydrogen-bond acceptors (Lipinski definition) is 7. The van der Waals surface area contributed by atoms with Gasteiger partial charge in [-0.25, -0.2) is 9.97 Å². The largest absolute Gasteiger partial charge is 0.493 e. The van der Waals surface area contributed by atoms with E-state index in [9.17, 15) is 14.5 Å². The zero-order valence-corrected chi connectivity index (χ0v) is 19.4. The summed E-state index contributed by atoms with van der Waals surface area (Å²) in [5.41, 5.74) is 4.24. The maximum absolute atomic E-state index is 14.3. The number of methoxy groups -OCH3 is 2. The predicted molar refractivity (Wildman–Crippen MR) is 130 cm³/mol. The number of nitrogens with zero attached hydrogens (tertiary/aromatic N) is 4. The molecule has 1 N–H and O–H groups in total. The molecule has 3 heterocycles. The first kappa shape index (κ1) is 22.7. The highest BCUT2D eigenvalue weighted by Gasteiger charge is 2.22. The number of rotatable bonds is 8. The molecule has 4 aromatic rings. The number of halogens is 1. The third-order valence-electron chi connectivity index (χ3n) is 6.25. The van der Waals surface area contributed by atoms with E-state index in [1.54, 1.807) is 13.3 Å². The van der Waals surface area contributed by atoms with Crippen LogP contribution in [0.2, 0.25) is 0 Å². The summed E-state index contributed by atoms with van der Waals surface area (Å²) in [4.78, 5) is 19.6. The van der Waals surface area contributed by atoms with Crippen molar-refractivity contribution in [2.75, 3.05) is 26.1 Å². The Morgan fingerprint density at radius 3 is 2.91 bits per heavy atom. The number of nitrogens with one attached hydrogen (secondary N) is 1. The average molecular weight is 477 g/mol. The monoisotopic (exact) mass is 477 g/mol. The Hall–Kier alpha value is -4.05. The van der Waals surface area contributed by atoms with E-state index in [0.29, 0.717) is 35.7 Å². The number of para-hydroxylation sites is 1. The molecule has 0 unspecified atom stereocenters. The summed E-state index contributed by atoms with van der Waals surface area (Å²) in [6.07, 6.45) is 6.09. The maximum atomic E-state index is 14.3. The molecule has 0 spiro atoms. The van der Waals surface area contributed by atoms with E-state index in [4.69, 9.17) is 14.5 Å². The van der Waals surface area contributed by atoms with Crippen LogP contribution in [0.25, 0.3) is 22.2 Å². The van der Waals surface area contributed by atoms with E-state index < -0.39 is 16.4 Å². The second-order valence-electron chi connectivity index (χ2n) is 8.35. The summed E-state index contributed by atoms with van der Waals surface area (Å²) in [7, 11) is 3.09. The second kappa shape index (κ2) is 9.30. The lowest BCUT2D eigenvalue weighted by molar-refractivity contribution is -0.387. The van der Waals surface area contributed by atoms with Crippen LogP contribution in [-0.2, 0) is 24.1 Å². The summed E-state index contributed by atoms with van der Waals surface area (Å²) in [5.74, 6) is -0.187. The van der Waals surface area contributed by atoms with E-state index in [2.05, 4.69) is 33.2 Å². The molecule has 0 amide bonds. The van der Waals surface area contributed by atoms with Crippen molar-refractivity contribution in [3.63, 3.8) is 0 Å². The van der Waals surface area contributed by atoms with Crippen molar-refractivity contribution in [2.24, 2.45) is 0 Å². The number of benzene rings is 2. The van der Waals surface area contributed by atoms with E-state index in [1.165, 1.54) is 18.2 Å². The van der Waals surface area contributed by atoms with Crippen LogP contribution in [0.5, 0.6) is 5.75 Å². The number of hydrogen-bond donors (Lipinski definition) is 1. The van der Waals surface area contributed by atoms with Crippen LogP contribution in [0.1, 0.15) is 17.5 Å². The van der Waals surface area contributed by atoms with Crippen LogP contribution in [-0.4, -0.2) is 40.3 Å². The quantitative estimate of drug-likeness (QED) is 0.280. The van der Waals surface area contributed by atoms with Gasteiger partial charge in [-0.1, -0.05) is 18.2 Å². The third-order valence-corrected chi connectivity index (χ3v) is 6.25. The Labute approximate surface area is 200 Å². The lowest BCUT2D eigenvalue weighted by atomic mass is 10.0. The SMILES string of the molecule is COCCc1cc(F)c([N+](=O)[O-])cc1Nc1ncc(OC)c(-c2cn3c4c(cccc24)CCC3)n1. The highest BCUT2D eigenvalue weighted by molar-refractivity contribution is 5.98. The fourth-order valence-electron chi connectivity index (χ4n) is 4.62. The molecule has 0 atom stereocenters. The first-order valence-corrected chi connectivity index (χ1v) is 11.2. The van der Waals surface area contributed by atoms with Gasteiger partial charge in [0.05, 0.1) is 36.0 Å². The number of ether oxygens (including phenoxy) is 2. The first-order chi connectivity index (χ1) is 17.0. The molecule has 5 rings (SSSR count). The van der Waals surface area contributed by atoms with Gasteiger partial charge < -0.3 is 19.4 Å². The molecule has 35 heavy (non-hydrogen) atoms. The number of anilines is 2. The molecule has 1 aliphatic rings. The zero-order chi connectivity index (χ0) is 24.5. The summed E-state index contributed by atoms with van der Waals surface area (Å²) in [6.45, 7) is 1.25. The molecule has 0 bridgehead atoms. The zero-order valence-electron chi connectivity index (χ0n) is 19.4. The minimum atomic E-state index is -0.905. The number of aromatic nitrogens is 3. The minimum Gasteiger partial charge on any atom is -0.493 e. The molecule has 10 heteroatoms. The second-order valence-corrected chi connectivity index (χ2v) is 8.35. The number of nitro groups is 1. The van der Waals surface area contributed by atoms with Gasteiger partial charge in [-0.15, -0.1) is 0 Å². The Morgan fingerprint density at radius 1 is 1.29 bits per heavy atom. The molecule has 1 aliphatic heterocycles. The molecule has 0 aliphatic carbocycles. The Morgan fingerprint density at radius 2 is 2.14 bits per heavy atom. The van der Waals surface area contributed by atoms with Crippen LogP contribution in [0, 0.1) is 15.9 Å². The maximum Gasteiger partial charge on any atom is 0.306 e. The average Bonchev–Trinajstić information content (AvgIpc) is 3.24. The smallest absolute Gasteiger partial charge is 0.306 e. The van der Waals surface area contributed by atoms with Crippen LogP contribution in [0.4, 0.5) is 21.7 Å². The predicted octanol–water partition coefficient (Wildman–Crippen LogP) is 5.03. The molecule has 2 aromatic heterocycles. The summed E-state index contributed by atoms with van der Waals surface area (Å²) >= 11 is 0. The molecule has 9 nitrogen and oxygen atoms in total. The summed E-state index contributed by atoms with van der Waals surface area (Å²) in [6, 6.07) is 8.57. The highest BCUT2D eigenvalue weighted by Crippen LogP contribution is 2.38. The lowest BCUT2D eigenvalue weighted by Gasteiger charge is -2.14. The molecule has 0 radical (unpaired) electrons. The lowest BCUT2D eigenvalue weighted by Crippen LogP contribution is -2.06. The van der Waals surface area contributed by atoms with Gasteiger partial charge >= 0.3 is 5.69 Å². The van der Waals surface area contributed by atoms with Crippen molar-refractivity contribution in [3.05, 3.63) is 69.8 Å². The van der Waals surface area contributed by atoms with Crippen molar-refractivity contribution in [3.8, 4) is 17.0 Å². The summed E-state index contributed by atoms with van der Waals surface area (Å²) in [5, 5.41) is 15.4. The van der Waals surface area contributed by atoms with Crippen molar-refractivity contribution in [1.82, 2.24) is 14.5 Å². The van der Waals surface area contributed by atoms with Crippen LogP contribution in [0.15, 0.2) is 42.7 Å². The normalized spacial score (nSPS) is 12.7. The van der Waals surface area contributed by atoms with Gasteiger partial charge in [0.1, 0.15) is 5.69 Å². The van der Waals surface area contributed by atoms with Gasteiger partial charge in [-0.3, -0.25) is 10.1 Å². The van der Waals surface area contributed by atoms with Crippen molar-refractivity contribution in [2.45, 2.75) is 25.8 Å². The van der Waals surface area contributed by atoms with Crippen molar-refractivity contribution in [1.29, 1.82) is 0 Å². The first-order valence-electron chi connectivity index (χ1n) is 11.2. The van der Waals surface area contributed by atoms with Gasteiger partial charge in [0, 0.05) is 36.9 Å². The van der Waals surface area contributed by atoms with Gasteiger partial charge in [0.25, 0.3) is 0 Å². The fraction of sp³-hybridized carbons (Fsp3) is 0.280.